The van der Waals surface area contributed by atoms with E-state index in [9.17, 15) is 17.6 Å². The molecule has 9 heteroatoms. The summed E-state index contributed by atoms with van der Waals surface area (Å²) in [6.07, 6.45) is -1.22. The highest BCUT2D eigenvalue weighted by Crippen LogP contribution is 2.29. The zero-order valence-corrected chi connectivity index (χ0v) is 15.7. The lowest BCUT2D eigenvalue weighted by molar-refractivity contribution is -0.274. The normalized spacial score (nSPS) is 11.6. The first kappa shape index (κ1) is 19.7. The van der Waals surface area contributed by atoms with Gasteiger partial charge in [0.2, 0.25) is 0 Å². The van der Waals surface area contributed by atoms with Gasteiger partial charge in [-0.15, -0.1) is 13.2 Å². The molecule has 0 spiro atoms. The van der Waals surface area contributed by atoms with E-state index in [0.717, 1.165) is 5.56 Å². The SMILES string of the molecule is COc1ccc(F)c(-c2nc3ccn(Cc4ccc(OC(F)(F)F)cc4)cc-3n2)c1. The van der Waals surface area contributed by atoms with Gasteiger partial charge in [0, 0.05) is 18.9 Å². The maximum atomic E-state index is 14.2. The molecule has 2 aliphatic heterocycles. The summed E-state index contributed by atoms with van der Waals surface area (Å²) in [7, 11) is 1.49. The number of hydrogen-bond donors (Lipinski definition) is 0. The Labute approximate surface area is 168 Å². The smallest absolute Gasteiger partial charge is 0.497 e. The van der Waals surface area contributed by atoms with Crippen LogP contribution in [0.25, 0.3) is 22.8 Å². The van der Waals surface area contributed by atoms with E-state index < -0.39 is 12.2 Å². The molecule has 0 unspecified atom stereocenters. The number of hydrogen-bond acceptors (Lipinski definition) is 4. The number of ether oxygens (including phenoxy) is 2. The van der Waals surface area contributed by atoms with E-state index in [1.807, 2.05) is 4.57 Å². The van der Waals surface area contributed by atoms with Crippen molar-refractivity contribution in [1.29, 1.82) is 0 Å². The van der Waals surface area contributed by atoms with Crippen LogP contribution in [-0.4, -0.2) is 28.0 Å². The van der Waals surface area contributed by atoms with Gasteiger partial charge in [0.05, 0.1) is 18.4 Å². The Kier molecular flexibility index (Phi) is 5.03. The lowest BCUT2D eigenvalue weighted by atomic mass is 10.2. The zero-order chi connectivity index (χ0) is 21.3. The van der Waals surface area contributed by atoms with Gasteiger partial charge in [0.15, 0.2) is 5.82 Å². The predicted molar refractivity (Wildman–Crippen MR) is 101 cm³/mol. The van der Waals surface area contributed by atoms with E-state index in [4.69, 9.17) is 4.74 Å². The van der Waals surface area contributed by atoms with Gasteiger partial charge in [-0.25, -0.2) is 14.4 Å². The molecule has 0 atom stereocenters. The zero-order valence-electron chi connectivity index (χ0n) is 15.7. The molecular formula is C21H15F4N3O2. The lowest BCUT2D eigenvalue weighted by Gasteiger charge is -2.11. The Morgan fingerprint density at radius 2 is 1.63 bits per heavy atom. The van der Waals surface area contributed by atoms with Crippen molar-refractivity contribution in [2.45, 2.75) is 12.9 Å². The first-order valence-corrected chi connectivity index (χ1v) is 8.83. The van der Waals surface area contributed by atoms with Crippen LogP contribution in [0, 0.1) is 5.82 Å². The number of benzene rings is 2. The van der Waals surface area contributed by atoms with Crippen molar-refractivity contribution < 1.29 is 27.0 Å². The van der Waals surface area contributed by atoms with Crippen molar-refractivity contribution in [3.63, 3.8) is 0 Å². The molecule has 30 heavy (non-hydrogen) atoms. The van der Waals surface area contributed by atoms with Gasteiger partial charge in [-0.2, -0.15) is 0 Å². The minimum Gasteiger partial charge on any atom is -0.497 e. The summed E-state index contributed by atoms with van der Waals surface area (Å²) in [5.41, 5.74) is 2.16. The number of pyridine rings is 1. The van der Waals surface area contributed by atoms with Crippen LogP contribution in [0.15, 0.2) is 60.9 Å². The molecule has 0 fully saturated rings. The lowest BCUT2D eigenvalue weighted by Crippen LogP contribution is -2.17. The number of fused-ring (bicyclic) bond motifs is 1. The van der Waals surface area contributed by atoms with Crippen LogP contribution in [0.1, 0.15) is 5.56 Å². The van der Waals surface area contributed by atoms with Crippen molar-refractivity contribution in [2.75, 3.05) is 7.11 Å². The fourth-order valence-corrected chi connectivity index (χ4v) is 2.98. The second-order valence-electron chi connectivity index (χ2n) is 6.47. The molecule has 154 valence electrons. The second-order valence-corrected chi connectivity index (χ2v) is 6.47. The minimum absolute atomic E-state index is 0.234. The van der Waals surface area contributed by atoms with Gasteiger partial charge < -0.3 is 14.0 Å². The molecule has 2 heterocycles. The van der Waals surface area contributed by atoms with Crippen LogP contribution in [0.5, 0.6) is 11.5 Å². The molecule has 0 N–H and O–H groups in total. The maximum Gasteiger partial charge on any atom is 0.573 e. The number of alkyl halides is 3. The van der Waals surface area contributed by atoms with E-state index in [2.05, 4.69) is 14.7 Å². The van der Waals surface area contributed by atoms with E-state index in [1.54, 1.807) is 30.6 Å². The highest BCUT2D eigenvalue weighted by Gasteiger charge is 2.30. The molecule has 0 bridgehead atoms. The van der Waals surface area contributed by atoms with Crippen molar-refractivity contribution in [3.8, 4) is 34.3 Å². The van der Waals surface area contributed by atoms with E-state index in [0.29, 0.717) is 23.7 Å². The summed E-state index contributed by atoms with van der Waals surface area (Å²) in [4.78, 5) is 8.77. The van der Waals surface area contributed by atoms with Crippen LogP contribution in [0.4, 0.5) is 17.6 Å². The molecule has 5 nitrogen and oxygen atoms in total. The van der Waals surface area contributed by atoms with Gasteiger partial charge in [-0.1, -0.05) is 12.1 Å². The Balaban J connectivity index is 1.57. The summed E-state index contributed by atoms with van der Waals surface area (Å²) in [5, 5.41) is 0. The van der Waals surface area contributed by atoms with Crippen LogP contribution in [0.3, 0.4) is 0 Å². The van der Waals surface area contributed by atoms with E-state index in [-0.39, 0.29) is 17.1 Å². The average Bonchev–Trinajstić information content (AvgIpc) is 3.12. The first-order chi connectivity index (χ1) is 14.3. The molecule has 0 saturated carbocycles. The number of aromatic nitrogens is 3. The Bertz CT molecular complexity index is 1140. The Morgan fingerprint density at radius 3 is 2.33 bits per heavy atom. The van der Waals surface area contributed by atoms with Gasteiger partial charge in [-0.3, -0.25) is 0 Å². The van der Waals surface area contributed by atoms with Crippen LogP contribution in [-0.2, 0) is 6.54 Å². The first-order valence-electron chi connectivity index (χ1n) is 8.83. The fourth-order valence-electron chi connectivity index (χ4n) is 2.98. The summed E-state index contributed by atoms with van der Waals surface area (Å²) in [5.74, 6) is -0.000203. The maximum absolute atomic E-state index is 14.2. The third kappa shape index (κ3) is 4.35. The third-order valence-electron chi connectivity index (χ3n) is 4.36. The molecule has 0 aliphatic carbocycles. The summed E-state index contributed by atoms with van der Waals surface area (Å²) in [6.45, 7) is 0.401. The number of rotatable bonds is 5. The van der Waals surface area contributed by atoms with E-state index in [1.165, 1.54) is 37.4 Å². The Morgan fingerprint density at radius 1 is 0.933 bits per heavy atom. The summed E-state index contributed by atoms with van der Waals surface area (Å²) >= 11 is 0. The van der Waals surface area contributed by atoms with Crippen LogP contribution in [0.2, 0.25) is 0 Å². The number of nitrogens with zero attached hydrogens (tertiary/aromatic N) is 3. The third-order valence-corrected chi connectivity index (χ3v) is 4.36. The largest absolute Gasteiger partial charge is 0.573 e. The minimum atomic E-state index is -4.72. The van der Waals surface area contributed by atoms with Gasteiger partial charge in [0.25, 0.3) is 0 Å². The van der Waals surface area contributed by atoms with Crippen molar-refractivity contribution in [3.05, 3.63) is 72.3 Å². The summed E-state index contributed by atoms with van der Waals surface area (Å²) in [6, 6.07) is 11.7. The number of imidazole rings is 1. The average molecular weight is 417 g/mol. The van der Waals surface area contributed by atoms with Crippen LogP contribution >= 0.6 is 0 Å². The standard InChI is InChI=1S/C21H15F4N3O2/c1-29-15-6-7-17(22)16(10-15)20-26-18-8-9-28(12-19(18)27-20)11-13-2-4-14(5-3-13)30-21(23,24)25/h2-10,12H,11H2,1H3. The molecule has 0 aromatic heterocycles. The van der Waals surface area contributed by atoms with Gasteiger partial charge >= 0.3 is 6.36 Å². The highest BCUT2D eigenvalue weighted by molar-refractivity contribution is 5.67. The molecule has 2 aromatic rings. The fraction of sp³-hybridized carbons (Fsp3) is 0.143. The molecule has 0 amide bonds. The van der Waals surface area contributed by atoms with Crippen molar-refractivity contribution >= 4 is 0 Å². The Hall–Kier alpha value is -3.62. The molecule has 2 aromatic carbocycles. The van der Waals surface area contributed by atoms with Crippen molar-refractivity contribution in [1.82, 2.24) is 14.5 Å². The van der Waals surface area contributed by atoms with Crippen molar-refractivity contribution in [2.24, 2.45) is 0 Å². The van der Waals surface area contributed by atoms with Gasteiger partial charge in [-0.05, 0) is 42.0 Å². The monoisotopic (exact) mass is 417 g/mol. The highest BCUT2D eigenvalue weighted by atomic mass is 19.4. The molecule has 4 rings (SSSR count). The second kappa shape index (κ2) is 7.66. The summed E-state index contributed by atoms with van der Waals surface area (Å²) < 4.78 is 61.8. The van der Waals surface area contributed by atoms with Gasteiger partial charge in [0.1, 0.15) is 23.0 Å². The molecular weight excluding hydrogens is 402 g/mol. The number of methoxy groups -OCH3 is 1. The molecule has 0 saturated heterocycles. The predicted octanol–water partition coefficient (Wildman–Crippen LogP) is 5.14. The van der Waals surface area contributed by atoms with Crippen LogP contribution < -0.4 is 9.47 Å². The molecule has 2 aliphatic rings. The molecule has 0 radical (unpaired) electrons. The van der Waals surface area contributed by atoms with E-state index >= 15 is 0 Å². The number of halogens is 4. The quantitative estimate of drug-likeness (QED) is 0.422. The topological polar surface area (TPSA) is 49.2 Å².